The molecule has 4 nitrogen and oxygen atoms in total. The van der Waals surface area contributed by atoms with E-state index in [9.17, 15) is 0 Å². The molecule has 0 saturated heterocycles. The first-order valence-electron chi connectivity index (χ1n) is 6.63. The van der Waals surface area contributed by atoms with E-state index in [2.05, 4.69) is 15.9 Å². The first-order chi connectivity index (χ1) is 9.69. The lowest BCUT2D eigenvalue weighted by Gasteiger charge is -2.06. The highest BCUT2D eigenvalue weighted by Crippen LogP contribution is 2.25. The van der Waals surface area contributed by atoms with E-state index in [4.69, 9.17) is 17.3 Å². The van der Waals surface area contributed by atoms with Crippen molar-refractivity contribution in [3.63, 3.8) is 0 Å². The normalized spacial score (nSPS) is 11.3. The van der Waals surface area contributed by atoms with E-state index in [1.54, 1.807) is 0 Å². The van der Waals surface area contributed by atoms with Crippen molar-refractivity contribution < 1.29 is 0 Å². The van der Waals surface area contributed by atoms with Crippen molar-refractivity contribution in [3.05, 3.63) is 52.9 Å². The van der Waals surface area contributed by atoms with Crippen LogP contribution in [0, 0.1) is 0 Å². The lowest BCUT2D eigenvalue weighted by molar-refractivity contribution is 0.648. The fraction of sp³-hybridized carbons (Fsp3) is 0.267. The number of aryl methyl sites for hydroxylation is 3. The lowest BCUT2D eigenvalue weighted by Crippen LogP contribution is -2.04. The number of fused-ring (bicyclic) bond motifs is 1. The summed E-state index contributed by atoms with van der Waals surface area (Å²) in [6.07, 6.45) is 4.87. The number of nitrogens with zero attached hydrogens (tertiary/aromatic N) is 3. The smallest absolute Gasteiger partial charge is 0.0498 e. The molecule has 0 fully saturated rings. The maximum Gasteiger partial charge on any atom is 0.0498 e. The van der Waals surface area contributed by atoms with Gasteiger partial charge in [-0.25, -0.2) is 0 Å². The van der Waals surface area contributed by atoms with Crippen LogP contribution in [-0.2, 0) is 26.6 Å². The molecule has 0 atom stereocenters. The second kappa shape index (κ2) is 5.31. The molecule has 2 heterocycles. The van der Waals surface area contributed by atoms with Gasteiger partial charge in [-0.3, -0.25) is 4.68 Å². The molecule has 5 heteroatoms. The molecule has 0 aliphatic carbocycles. The van der Waals surface area contributed by atoms with E-state index >= 15 is 0 Å². The zero-order valence-corrected chi connectivity index (χ0v) is 12.1. The molecule has 3 aromatic rings. The number of aromatic nitrogens is 3. The van der Waals surface area contributed by atoms with Gasteiger partial charge in [-0.1, -0.05) is 17.7 Å². The summed E-state index contributed by atoms with van der Waals surface area (Å²) in [6, 6.07) is 8.00. The van der Waals surface area contributed by atoms with Crippen molar-refractivity contribution >= 4 is 22.5 Å². The number of hydrogen-bond donors (Lipinski definition) is 1. The van der Waals surface area contributed by atoms with Gasteiger partial charge < -0.3 is 10.3 Å². The number of benzene rings is 1. The molecule has 2 aromatic heterocycles. The van der Waals surface area contributed by atoms with Crippen LogP contribution in [0.2, 0.25) is 5.02 Å². The average Bonchev–Trinajstić information content (AvgIpc) is 3.00. The highest BCUT2D eigenvalue weighted by molar-refractivity contribution is 6.31. The van der Waals surface area contributed by atoms with E-state index in [0.29, 0.717) is 6.54 Å². The second-order valence-electron chi connectivity index (χ2n) is 4.91. The van der Waals surface area contributed by atoms with Crippen molar-refractivity contribution in [2.24, 2.45) is 12.8 Å². The molecule has 2 N–H and O–H groups in total. The van der Waals surface area contributed by atoms with Crippen molar-refractivity contribution in [3.8, 4) is 0 Å². The molecular formula is C15H17ClN4. The van der Waals surface area contributed by atoms with Crippen LogP contribution in [0.4, 0.5) is 0 Å². The Labute approximate surface area is 122 Å². The van der Waals surface area contributed by atoms with Gasteiger partial charge in [0.25, 0.3) is 0 Å². The summed E-state index contributed by atoms with van der Waals surface area (Å²) in [6.45, 7) is 1.42. The number of rotatable bonds is 4. The summed E-state index contributed by atoms with van der Waals surface area (Å²) < 4.78 is 4.12. The van der Waals surface area contributed by atoms with Gasteiger partial charge in [0, 0.05) is 60.6 Å². The maximum absolute atomic E-state index is 6.11. The van der Waals surface area contributed by atoms with Gasteiger partial charge in [-0.05, 0) is 23.8 Å². The van der Waals surface area contributed by atoms with Crippen LogP contribution >= 0.6 is 11.6 Å². The Morgan fingerprint density at radius 3 is 2.85 bits per heavy atom. The molecule has 1 aromatic carbocycles. The van der Waals surface area contributed by atoms with Crippen LogP contribution in [0.15, 0.2) is 36.7 Å². The minimum Gasteiger partial charge on any atom is -0.347 e. The topological polar surface area (TPSA) is 48.8 Å². The van der Waals surface area contributed by atoms with Crippen LogP contribution < -0.4 is 5.73 Å². The van der Waals surface area contributed by atoms with E-state index in [-0.39, 0.29) is 0 Å². The summed E-state index contributed by atoms with van der Waals surface area (Å²) in [5, 5.41) is 6.13. The molecule has 0 aliphatic rings. The SMILES string of the molecule is Cn1nccc1CCn1cc(CN)c2ccc(Cl)cc21. The van der Waals surface area contributed by atoms with Crippen molar-refractivity contribution in [1.82, 2.24) is 14.3 Å². The highest BCUT2D eigenvalue weighted by Gasteiger charge is 2.08. The largest absolute Gasteiger partial charge is 0.347 e. The molecule has 3 rings (SSSR count). The molecule has 0 amide bonds. The minimum absolute atomic E-state index is 0.539. The van der Waals surface area contributed by atoms with Crippen LogP contribution in [-0.4, -0.2) is 14.3 Å². The zero-order valence-electron chi connectivity index (χ0n) is 11.4. The molecule has 0 radical (unpaired) electrons. The molecule has 0 unspecified atom stereocenters. The summed E-state index contributed by atoms with van der Waals surface area (Å²) in [5.74, 6) is 0. The van der Waals surface area contributed by atoms with Gasteiger partial charge in [0.2, 0.25) is 0 Å². The van der Waals surface area contributed by atoms with Crippen LogP contribution in [0.5, 0.6) is 0 Å². The predicted octanol–water partition coefficient (Wildman–Crippen LogP) is 2.73. The molecule has 0 bridgehead atoms. The minimum atomic E-state index is 0.539. The summed E-state index contributed by atoms with van der Waals surface area (Å²) in [5.41, 5.74) is 9.33. The summed E-state index contributed by atoms with van der Waals surface area (Å²) in [7, 11) is 1.96. The van der Waals surface area contributed by atoms with Gasteiger partial charge in [-0.2, -0.15) is 5.10 Å². The third-order valence-corrected chi connectivity index (χ3v) is 3.91. The molecule has 0 spiro atoms. The first-order valence-corrected chi connectivity index (χ1v) is 7.01. The number of halogens is 1. The molecular weight excluding hydrogens is 272 g/mol. The van der Waals surface area contributed by atoms with E-state index in [1.807, 2.05) is 42.2 Å². The highest BCUT2D eigenvalue weighted by atomic mass is 35.5. The Morgan fingerprint density at radius 2 is 2.15 bits per heavy atom. The van der Waals surface area contributed by atoms with Gasteiger partial charge in [0.1, 0.15) is 0 Å². The zero-order chi connectivity index (χ0) is 14.1. The van der Waals surface area contributed by atoms with Crippen LogP contribution in [0.1, 0.15) is 11.3 Å². The number of hydrogen-bond acceptors (Lipinski definition) is 2. The fourth-order valence-electron chi connectivity index (χ4n) is 2.57. The Hall–Kier alpha value is -1.78. The fourth-order valence-corrected chi connectivity index (χ4v) is 2.74. The van der Waals surface area contributed by atoms with Crippen molar-refractivity contribution in [2.75, 3.05) is 0 Å². The maximum atomic E-state index is 6.11. The van der Waals surface area contributed by atoms with E-state index in [0.717, 1.165) is 29.1 Å². The third-order valence-electron chi connectivity index (χ3n) is 3.68. The van der Waals surface area contributed by atoms with Crippen LogP contribution in [0.3, 0.4) is 0 Å². The van der Waals surface area contributed by atoms with Crippen molar-refractivity contribution in [1.29, 1.82) is 0 Å². The average molecular weight is 289 g/mol. The van der Waals surface area contributed by atoms with Gasteiger partial charge in [0.05, 0.1) is 0 Å². The van der Waals surface area contributed by atoms with E-state index < -0.39 is 0 Å². The molecule has 0 saturated carbocycles. The second-order valence-corrected chi connectivity index (χ2v) is 5.35. The lowest BCUT2D eigenvalue weighted by atomic mass is 10.2. The van der Waals surface area contributed by atoms with Gasteiger partial charge in [-0.15, -0.1) is 0 Å². The van der Waals surface area contributed by atoms with Crippen LogP contribution in [0.25, 0.3) is 10.9 Å². The first kappa shape index (κ1) is 13.2. The standard InChI is InChI=1S/C15H17ClN4/c1-19-13(4-6-18-19)5-7-20-10-11(9-17)14-3-2-12(16)8-15(14)20/h2-4,6,8,10H,5,7,9,17H2,1H3. The van der Waals surface area contributed by atoms with E-state index in [1.165, 1.54) is 11.1 Å². The quantitative estimate of drug-likeness (QED) is 0.802. The Balaban J connectivity index is 1.94. The van der Waals surface area contributed by atoms with Crippen molar-refractivity contribution in [2.45, 2.75) is 19.5 Å². The van der Waals surface area contributed by atoms with Gasteiger partial charge >= 0.3 is 0 Å². The number of nitrogens with two attached hydrogens (primary N) is 1. The molecule has 104 valence electrons. The summed E-state index contributed by atoms with van der Waals surface area (Å²) in [4.78, 5) is 0. The Kier molecular flexibility index (Phi) is 3.51. The Morgan fingerprint density at radius 1 is 1.30 bits per heavy atom. The Bertz CT molecular complexity index is 741. The van der Waals surface area contributed by atoms with Gasteiger partial charge in [0.15, 0.2) is 0 Å². The molecule has 0 aliphatic heterocycles. The molecule has 20 heavy (non-hydrogen) atoms. The third kappa shape index (κ3) is 2.32. The predicted molar refractivity (Wildman–Crippen MR) is 81.8 cm³/mol. The summed E-state index contributed by atoms with van der Waals surface area (Å²) >= 11 is 6.11. The monoisotopic (exact) mass is 288 g/mol.